The fourth-order valence-corrected chi connectivity index (χ4v) is 4.70. The molecule has 2 aromatic carbocycles. The Balaban J connectivity index is 1.91. The molecule has 2 aromatic rings. The molecule has 36 heavy (non-hydrogen) atoms. The van der Waals surface area contributed by atoms with Crippen LogP contribution in [-0.2, 0) is 26.2 Å². The Morgan fingerprint density at radius 3 is 2.39 bits per heavy atom. The summed E-state index contributed by atoms with van der Waals surface area (Å²) in [4.78, 5) is 28.0. The molecular weight excluding hydrogens is 482 g/mol. The van der Waals surface area contributed by atoms with Gasteiger partial charge in [0.25, 0.3) is 0 Å². The summed E-state index contributed by atoms with van der Waals surface area (Å²) in [6, 6.07) is 11.5. The van der Waals surface area contributed by atoms with Crippen LogP contribution in [0.25, 0.3) is 0 Å². The van der Waals surface area contributed by atoms with Crippen LogP contribution < -0.4 is 19.1 Å². The van der Waals surface area contributed by atoms with Gasteiger partial charge in [0, 0.05) is 18.7 Å². The van der Waals surface area contributed by atoms with E-state index in [0.29, 0.717) is 24.7 Å². The molecule has 0 bridgehead atoms. The van der Waals surface area contributed by atoms with Crippen molar-refractivity contribution < 1.29 is 27.5 Å². The van der Waals surface area contributed by atoms with Crippen LogP contribution in [0, 0.1) is 6.92 Å². The number of carbonyl (C=O) groups is 2. The molecule has 0 fully saturated rings. The lowest BCUT2D eigenvalue weighted by molar-refractivity contribution is -0.139. The van der Waals surface area contributed by atoms with Gasteiger partial charge in [-0.2, -0.15) is 0 Å². The summed E-state index contributed by atoms with van der Waals surface area (Å²) in [5, 5.41) is 2.92. The predicted molar refractivity (Wildman–Crippen MR) is 139 cm³/mol. The van der Waals surface area contributed by atoms with Gasteiger partial charge in [-0.25, -0.2) is 8.42 Å². The number of amides is 2. The molecule has 0 spiro atoms. The number of benzene rings is 2. The van der Waals surface area contributed by atoms with Gasteiger partial charge >= 0.3 is 0 Å². The number of hydrogen-bond acceptors (Lipinski definition) is 6. The van der Waals surface area contributed by atoms with E-state index in [-0.39, 0.29) is 24.2 Å². The summed E-state index contributed by atoms with van der Waals surface area (Å²) in [5.74, 6) is 0.137. The molecule has 196 valence electrons. The van der Waals surface area contributed by atoms with E-state index in [2.05, 4.69) is 5.32 Å². The van der Waals surface area contributed by atoms with Crippen LogP contribution in [0.5, 0.6) is 11.5 Å². The van der Waals surface area contributed by atoms with Gasteiger partial charge in [-0.1, -0.05) is 36.8 Å². The van der Waals surface area contributed by atoms with E-state index in [9.17, 15) is 18.0 Å². The summed E-state index contributed by atoms with van der Waals surface area (Å²) in [7, 11) is -3.83. The second-order valence-corrected chi connectivity index (χ2v) is 11.0. The summed E-state index contributed by atoms with van der Waals surface area (Å²) in [5.41, 5.74) is 2.14. The highest BCUT2D eigenvalue weighted by molar-refractivity contribution is 7.92. The highest BCUT2D eigenvalue weighted by Crippen LogP contribution is 2.34. The minimum Gasteiger partial charge on any atom is -0.486 e. The Kier molecular flexibility index (Phi) is 8.84. The lowest BCUT2D eigenvalue weighted by Crippen LogP contribution is -2.52. The van der Waals surface area contributed by atoms with Gasteiger partial charge in [0.15, 0.2) is 11.5 Å². The van der Waals surface area contributed by atoms with E-state index in [1.165, 1.54) is 4.90 Å². The van der Waals surface area contributed by atoms with Crippen molar-refractivity contribution in [1.82, 2.24) is 10.2 Å². The zero-order valence-corrected chi connectivity index (χ0v) is 22.3. The SMILES string of the molecule is CCC(C)NC(=O)C(C)N(Cc1cccc(C)c1)C(=O)CN(c1ccc2c(c1)OCCO2)S(C)(=O)=O. The smallest absolute Gasteiger partial charge is 0.244 e. The summed E-state index contributed by atoms with van der Waals surface area (Å²) >= 11 is 0. The van der Waals surface area contributed by atoms with E-state index in [1.807, 2.05) is 45.0 Å². The Hall–Kier alpha value is -3.27. The minimum absolute atomic E-state index is 0.0545. The van der Waals surface area contributed by atoms with Gasteiger partial charge in [-0.15, -0.1) is 0 Å². The number of anilines is 1. The molecule has 9 nitrogen and oxygen atoms in total. The van der Waals surface area contributed by atoms with Crippen LogP contribution in [0.2, 0.25) is 0 Å². The number of ether oxygens (including phenoxy) is 2. The molecule has 0 aliphatic carbocycles. The van der Waals surface area contributed by atoms with Gasteiger partial charge in [0.1, 0.15) is 25.8 Å². The molecule has 2 atom stereocenters. The van der Waals surface area contributed by atoms with Crippen molar-refractivity contribution in [2.45, 2.75) is 52.7 Å². The lowest BCUT2D eigenvalue weighted by atomic mass is 10.1. The second-order valence-electron chi connectivity index (χ2n) is 9.10. The number of hydrogen-bond donors (Lipinski definition) is 1. The topological polar surface area (TPSA) is 105 Å². The second kappa shape index (κ2) is 11.6. The zero-order valence-electron chi connectivity index (χ0n) is 21.5. The number of rotatable bonds is 10. The molecular formula is C26H35N3O6S. The van der Waals surface area contributed by atoms with Crippen LogP contribution in [0.1, 0.15) is 38.3 Å². The first-order valence-corrected chi connectivity index (χ1v) is 13.9. The van der Waals surface area contributed by atoms with E-state index in [1.54, 1.807) is 25.1 Å². The first-order chi connectivity index (χ1) is 17.0. The number of aryl methyl sites for hydroxylation is 1. The molecule has 0 aromatic heterocycles. The van der Waals surface area contributed by atoms with Gasteiger partial charge in [0.2, 0.25) is 21.8 Å². The van der Waals surface area contributed by atoms with Crippen molar-refractivity contribution in [3.05, 3.63) is 53.6 Å². The number of sulfonamides is 1. The van der Waals surface area contributed by atoms with Crippen LogP contribution in [0.3, 0.4) is 0 Å². The molecule has 1 aliphatic heterocycles. The van der Waals surface area contributed by atoms with Crippen molar-refractivity contribution in [1.29, 1.82) is 0 Å². The third-order valence-corrected chi connectivity index (χ3v) is 7.24. The van der Waals surface area contributed by atoms with Crippen molar-refractivity contribution >= 4 is 27.5 Å². The van der Waals surface area contributed by atoms with Crippen molar-refractivity contribution in [3.8, 4) is 11.5 Å². The molecule has 2 amide bonds. The Bertz CT molecular complexity index is 1200. The highest BCUT2D eigenvalue weighted by atomic mass is 32.2. The first-order valence-electron chi connectivity index (χ1n) is 12.0. The summed E-state index contributed by atoms with van der Waals surface area (Å²) < 4.78 is 37.6. The largest absolute Gasteiger partial charge is 0.486 e. The Morgan fingerprint density at radius 2 is 1.75 bits per heavy atom. The number of nitrogens with zero attached hydrogens (tertiary/aromatic N) is 2. The molecule has 3 rings (SSSR count). The van der Waals surface area contributed by atoms with E-state index >= 15 is 0 Å². The van der Waals surface area contributed by atoms with Gasteiger partial charge in [0.05, 0.1) is 11.9 Å². The monoisotopic (exact) mass is 517 g/mol. The third-order valence-electron chi connectivity index (χ3n) is 6.10. The van der Waals surface area contributed by atoms with Crippen LogP contribution >= 0.6 is 0 Å². The fourth-order valence-electron chi connectivity index (χ4n) is 3.86. The molecule has 0 saturated heterocycles. The third kappa shape index (κ3) is 6.90. The quantitative estimate of drug-likeness (QED) is 0.520. The maximum Gasteiger partial charge on any atom is 0.244 e. The van der Waals surface area contributed by atoms with Gasteiger partial charge < -0.3 is 19.7 Å². The fraction of sp³-hybridized carbons (Fsp3) is 0.462. The minimum atomic E-state index is -3.83. The first kappa shape index (κ1) is 27.3. The molecule has 2 unspecified atom stereocenters. The van der Waals surface area contributed by atoms with Crippen molar-refractivity contribution in [2.75, 3.05) is 30.3 Å². The Morgan fingerprint density at radius 1 is 1.06 bits per heavy atom. The number of fused-ring (bicyclic) bond motifs is 1. The summed E-state index contributed by atoms with van der Waals surface area (Å²) in [6.45, 7) is 7.90. The van der Waals surface area contributed by atoms with Crippen molar-refractivity contribution in [3.63, 3.8) is 0 Å². The molecule has 1 heterocycles. The maximum atomic E-state index is 13.6. The lowest BCUT2D eigenvalue weighted by Gasteiger charge is -2.32. The van der Waals surface area contributed by atoms with Crippen LogP contribution in [0.4, 0.5) is 5.69 Å². The highest BCUT2D eigenvalue weighted by Gasteiger charge is 2.31. The number of nitrogens with one attached hydrogen (secondary N) is 1. The molecule has 1 aliphatic rings. The number of carbonyl (C=O) groups excluding carboxylic acids is 2. The average Bonchev–Trinajstić information content (AvgIpc) is 2.84. The normalized spacial score (nSPS) is 14.5. The molecule has 0 radical (unpaired) electrons. The molecule has 10 heteroatoms. The van der Waals surface area contributed by atoms with Gasteiger partial charge in [-0.05, 0) is 44.9 Å². The average molecular weight is 518 g/mol. The van der Waals surface area contributed by atoms with Crippen molar-refractivity contribution in [2.24, 2.45) is 0 Å². The van der Waals surface area contributed by atoms with Gasteiger partial charge in [-0.3, -0.25) is 13.9 Å². The zero-order chi connectivity index (χ0) is 26.5. The van der Waals surface area contributed by atoms with Crippen LogP contribution in [-0.4, -0.2) is 63.2 Å². The predicted octanol–water partition coefficient (Wildman–Crippen LogP) is 2.86. The van der Waals surface area contributed by atoms with E-state index < -0.39 is 28.5 Å². The molecule has 0 saturated carbocycles. The van der Waals surface area contributed by atoms with Crippen LogP contribution in [0.15, 0.2) is 42.5 Å². The Labute approximate surface area is 213 Å². The summed E-state index contributed by atoms with van der Waals surface area (Å²) in [6.07, 6.45) is 1.79. The maximum absolute atomic E-state index is 13.6. The standard InChI is InChI=1S/C26H35N3O6S/c1-6-19(3)27-26(31)20(4)28(16-21-9-7-8-18(2)14-21)25(30)17-29(36(5,32)33)22-10-11-23-24(15-22)35-13-12-34-23/h7-11,14-15,19-20H,6,12-13,16-17H2,1-5H3,(H,27,31). The van der Waals surface area contributed by atoms with E-state index in [0.717, 1.165) is 28.1 Å². The molecule has 1 N–H and O–H groups in total. The van der Waals surface area contributed by atoms with E-state index in [4.69, 9.17) is 9.47 Å².